The number of hydrogen-bond donors (Lipinski definition) is 2. The van der Waals surface area contributed by atoms with Gasteiger partial charge in [0, 0.05) is 44.2 Å². The molecule has 2 amide bonds. The Bertz CT molecular complexity index is 1300. The summed E-state index contributed by atoms with van der Waals surface area (Å²) in [5, 5.41) is 2.87. The fourth-order valence-electron chi connectivity index (χ4n) is 5.06. The second-order valence-corrected chi connectivity index (χ2v) is 9.55. The highest BCUT2D eigenvalue weighted by Gasteiger charge is 2.32. The number of carbonyl (C=O) groups is 2. The van der Waals surface area contributed by atoms with Crippen LogP contribution in [0.1, 0.15) is 39.5 Å². The first-order valence-electron chi connectivity index (χ1n) is 12.6. The molecule has 0 bridgehead atoms. The SMILES string of the molecule is C=C1CN(Cc2ccc(C(=O)Nc3ccccc3N)cc2)C(CC(=O)N2CCOCC2)c2ccccc21. The van der Waals surface area contributed by atoms with Gasteiger partial charge in [0.15, 0.2) is 0 Å². The molecule has 1 saturated heterocycles. The maximum absolute atomic E-state index is 13.2. The van der Waals surface area contributed by atoms with Crippen LogP contribution in [0.2, 0.25) is 0 Å². The molecule has 0 aliphatic carbocycles. The zero-order valence-electron chi connectivity index (χ0n) is 20.9. The minimum atomic E-state index is -0.210. The summed E-state index contributed by atoms with van der Waals surface area (Å²) in [5.74, 6) is -0.0634. The van der Waals surface area contributed by atoms with Crippen LogP contribution in [-0.2, 0) is 16.1 Å². The number of nitrogens with zero attached hydrogens (tertiary/aromatic N) is 2. The largest absolute Gasteiger partial charge is 0.397 e. The van der Waals surface area contributed by atoms with Gasteiger partial charge in [-0.3, -0.25) is 14.5 Å². The van der Waals surface area contributed by atoms with Crippen LogP contribution < -0.4 is 11.1 Å². The predicted molar refractivity (Wildman–Crippen MR) is 146 cm³/mol. The Balaban J connectivity index is 1.32. The average molecular weight is 497 g/mol. The van der Waals surface area contributed by atoms with Crippen LogP contribution in [0, 0.1) is 0 Å². The third kappa shape index (κ3) is 5.58. The smallest absolute Gasteiger partial charge is 0.255 e. The lowest BCUT2D eigenvalue weighted by Crippen LogP contribution is -2.43. The van der Waals surface area contributed by atoms with Crippen molar-refractivity contribution in [3.63, 3.8) is 0 Å². The van der Waals surface area contributed by atoms with Crippen molar-refractivity contribution in [1.29, 1.82) is 0 Å². The van der Waals surface area contributed by atoms with E-state index in [1.165, 1.54) is 0 Å². The van der Waals surface area contributed by atoms with Gasteiger partial charge in [-0.25, -0.2) is 0 Å². The molecule has 2 heterocycles. The summed E-state index contributed by atoms with van der Waals surface area (Å²) in [5.41, 5.74) is 12.0. The van der Waals surface area contributed by atoms with Gasteiger partial charge in [-0.1, -0.05) is 55.1 Å². The lowest BCUT2D eigenvalue weighted by Gasteiger charge is -2.39. The van der Waals surface area contributed by atoms with Gasteiger partial charge < -0.3 is 20.7 Å². The van der Waals surface area contributed by atoms with Crippen molar-refractivity contribution >= 4 is 28.8 Å². The van der Waals surface area contributed by atoms with Crippen LogP contribution in [0.4, 0.5) is 11.4 Å². The van der Waals surface area contributed by atoms with Gasteiger partial charge in [-0.15, -0.1) is 0 Å². The lowest BCUT2D eigenvalue weighted by atomic mass is 9.87. The number of nitrogen functional groups attached to an aromatic ring is 1. The molecule has 3 aromatic rings. The Morgan fingerprint density at radius 3 is 2.43 bits per heavy atom. The van der Waals surface area contributed by atoms with E-state index in [0.717, 1.165) is 22.3 Å². The monoisotopic (exact) mass is 496 g/mol. The fraction of sp³-hybridized carbons (Fsp3) is 0.267. The number of carbonyl (C=O) groups excluding carboxylic acids is 2. The van der Waals surface area contributed by atoms with Crippen LogP contribution in [0.15, 0.2) is 79.4 Å². The number of benzene rings is 3. The molecule has 0 aromatic heterocycles. The first-order valence-corrected chi connectivity index (χ1v) is 12.6. The Hall–Kier alpha value is -3.94. The highest BCUT2D eigenvalue weighted by molar-refractivity contribution is 6.05. The molecule has 0 saturated carbocycles. The molecular weight excluding hydrogens is 464 g/mol. The summed E-state index contributed by atoms with van der Waals surface area (Å²) in [6.07, 6.45) is 0.406. The van der Waals surface area contributed by atoms with Crippen molar-refractivity contribution in [3.8, 4) is 0 Å². The minimum absolute atomic E-state index is 0.0546. The number of anilines is 2. The van der Waals surface area contributed by atoms with Crippen molar-refractivity contribution < 1.29 is 14.3 Å². The topological polar surface area (TPSA) is 87.9 Å². The third-order valence-electron chi connectivity index (χ3n) is 7.08. The molecule has 3 aromatic carbocycles. The number of nitrogens with two attached hydrogens (primary N) is 1. The first-order chi connectivity index (χ1) is 18.0. The number of amides is 2. The summed E-state index contributed by atoms with van der Waals surface area (Å²) < 4.78 is 5.43. The number of para-hydroxylation sites is 2. The number of hydrogen-bond acceptors (Lipinski definition) is 5. The van der Waals surface area contributed by atoms with Crippen LogP contribution in [0.5, 0.6) is 0 Å². The standard InChI is InChI=1S/C30H32N4O3/c1-21-19-34(20-22-10-12-23(13-11-22)30(36)32-27-9-5-4-8-26(27)31)28(25-7-3-2-6-24(21)25)18-29(35)33-14-16-37-17-15-33/h2-13,28H,1,14-20,31H2,(H,32,36). The summed E-state index contributed by atoms with van der Waals surface area (Å²) in [6, 6.07) is 23.0. The van der Waals surface area contributed by atoms with Gasteiger partial charge >= 0.3 is 0 Å². The van der Waals surface area contributed by atoms with Gasteiger partial charge in [0.2, 0.25) is 5.91 Å². The quantitative estimate of drug-likeness (QED) is 0.496. The summed E-state index contributed by atoms with van der Waals surface area (Å²) in [6.45, 7) is 8.08. The summed E-state index contributed by atoms with van der Waals surface area (Å²) in [4.78, 5) is 30.2. The highest BCUT2D eigenvalue weighted by atomic mass is 16.5. The molecule has 3 N–H and O–H groups in total. The van der Waals surface area contributed by atoms with E-state index in [1.807, 2.05) is 53.4 Å². The second-order valence-electron chi connectivity index (χ2n) is 9.55. The molecule has 37 heavy (non-hydrogen) atoms. The number of morpholine rings is 1. The zero-order chi connectivity index (χ0) is 25.8. The van der Waals surface area contributed by atoms with Crippen molar-refractivity contribution in [3.05, 3.63) is 102 Å². The van der Waals surface area contributed by atoms with Crippen LogP contribution in [-0.4, -0.2) is 54.5 Å². The molecule has 7 nitrogen and oxygen atoms in total. The average Bonchev–Trinajstić information content (AvgIpc) is 2.93. The molecule has 190 valence electrons. The summed E-state index contributed by atoms with van der Waals surface area (Å²) in [7, 11) is 0. The van der Waals surface area contributed by atoms with Gasteiger partial charge in [-0.2, -0.15) is 0 Å². The zero-order valence-corrected chi connectivity index (χ0v) is 20.9. The first kappa shape index (κ1) is 24.7. The molecule has 1 atom stereocenters. The molecule has 5 rings (SSSR count). The van der Waals surface area contributed by atoms with Crippen molar-refractivity contribution in [2.24, 2.45) is 0 Å². The maximum Gasteiger partial charge on any atom is 0.255 e. The summed E-state index contributed by atoms with van der Waals surface area (Å²) >= 11 is 0. The molecule has 1 fully saturated rings. The van der Waals surface area contributed by atoms with E-state index >= 15 is 0 Å². The van der Waals surface area contributed by atoms with Crippen molar-refractivity contribution in [1.82, 2.24) is 9.80 Å². The normalized spacial score (nSPS) is 17.8. The Kier molecular flexibility index (Phi) is 7.35. The van der Waals surface area contributed by atoms with Crippen molar-refractivity contribution in [2.75, 3.05) is 43.9 Å². The van der Waals surface area contributed by atoms with Gasteiger partial charge in [0.05, 0.1) is 24.6 Å². The Morgan fingerprint density at radius 2 is 1.68 bits per heavy atom. The fourth-order valence-corrected chi connectivity index (χ4v) is 5.06. The molecular formula is C30H32N4O3. The molecule has 2 aliphatic rings. The molecule has 0 radical (unpaired) electrons. The number of nitrogens with one attached hydrogen (secondary N) is 1. The predicted octanol–water partition coefficient (Wildman–Crippen LogP) is 4.34. The molecule has 7 heteroatoms. The van der Waals surface area contributed by atoms with E-state index in [9.17, 15) is 9.59 Å². The van der Waals surface area contributed by atoms with E-state index in [1.54, 1.807) is 12.1 Å². The third-order valence-corrected chi connectivity index (χ3v) is 7.08. The van der Waals surface area contributed by atoms with E-state index in [4.69, 9.17) is 10.5 Å². The van der Waals surface area contributed by atoms with Crippen LogP contribution in [0.3, 0.4) is 0 Å². The van der Waals surface area contributed by atoms with Crippen molar-refractivity contribution in [2.45, 2.75) is 19.0 Å². The highest BCUT2D eigenvalue weighted by Crippen LogP contribution is 2.38. The van der Waals surface area contributed by atoms with E-state index in [-0.39, 0.29) is 17.9 Å². The second kappa shape index (κ2) is 11.0. The van der Waals surface area contributed by atoms with Gasteiger partial charge in [0.1, 0.15) is 0 Å². The Labute approximate surface area is 217 Å². The van der Waals surface area contributed by atoms with Gasteiger partial charge in [-0.05, 0) is 46.5 Å². The number of ether oxygens (including phenoxy) is 1. The number of fused-ring (bicyclic) bond motifs is 1. The molecule has 2 aliphatic heterocycles. The van der Waals surface area contributed by atoms with E-state index < -0.39 is 0 Å². The minimum Gasteiger partial charge on any atom is -0.397 e. The molecule has 1 unspecified atom stereocenters. The van der Waals surface area contributed by atoms with E-state index in [0.29, 0.717) is 62.8 Å². The number of rotatable bonds is 6. The van der Waals surface area contributed by atoms with Crippen LogP contribution in [0.25, 0.3) is 5.57 Å². The molecule has 0 spiro atoms. The van der Waals surface area contributed by atoms with Crippen LogP contribution >= 0.6 is 0 Å². The van der Waals surface area contributed by atoms with Gasteiger partial charge in [0.25, 0.3) is 5.91 Å². The lowest BCUT2D eigenvalue weighted by molar-refractivity contribution is -0.136. The Morgan fingerprint density at radius 1 is 0.973 bits per heavy atom. The van der Waals surface area contributed by atoms with E-state index in [2.05, 4.69) is 28.9 Å². The maximum atomic E-state index is 13.2.